The van der Waals surface area contributed by atoms with Gasteiger partial charge in [0.25, 0.3) is 0 Å². The van der Waals surface area contributed by atoms with Crippen LogP contribution in [0.2, 0.25) is 0 Å². The Hall–Kier alpha value is -2.47. The number of hydrogen-bond acceptors (Lipinski definition) is 6. The highest BCUT2D eigenvalue weighted by molar-refractivity contribution is 7.10. The van der Waals surface area contributed by atoms with Gasteiger partial charge in [-0.1, -0.05) is 12.1 Å². The van der Waals surface area contributed by atoms with Crippen LogP contribution in [-0.2, 0) is 9.53 Å². The molecule has 0 atom stereocenters. The molecule has 0 amide bonds. The number of carbonyl (C=O) groups is 1. The number of thiazole rings is 1. The maximum atomic E-state index is 11.9. The highest BCUT2D eigenvalue weighted by atomic mass is 32.1. The van der Waals surface area contributed by atoms with Gasteiger partial charge in [0, 0.05) is 0 Å². The fraction of sp³-hybridized carbons (Fsp3) is 0.133. The second-order valence-corrected chi connectivity index (χ2v) is 5.22. The van der Waals surface area contributed by atoms with E-state index in [1.165, 1.54) is 11.3 Å². The summed E-state index contributed by atoms with van der Waals surface area (Å²) in [5.74, 6) is 0.397. The Morgan fingerprint density at radius 3 is 2.86 bits per heavy atom. The molecule has 106 valence electrons. The first-order valence-electron chi connectivity index (χ1n) is 6.25. The Morgan fingerprint density at radius 1 is 1.33 bits per heavy atom. The summed E-state index contributed by atoms with van der Waals surface area (Å²) in [7, 11) is 1.56. The van der Waals surface area contributed by atoms with Crippen molar-refractivity contribution in [2.24, 2.45) is 4.99 Å². The molecule has 0 N–H and O–H groups in total. The minimum atomic E-state index is -0.469. The zero-order valence-corrected chi connectivity index (χ0v) is 12.3. The lowest BCUT2D eigenvalue weighted by molar-refractivity contribution is -0.129. The van der Waals surface area contributed by atoms with Gasteiger partial charge in [0.1, 0.15) is 5.75 Å². The largest absolute Gasteiger partial charge is 0.496 e. The molecule has 3 rings (SSSR count). The average Bonchev–Trinajstić information content (AvgIpc) is 3.06. The van der Waals surface area contributed by atoms with Gasteiger partial charge in [-0.2, -0.15) is 0 Å². The summed E-state index contributed by atoms with van der Waals surface area (Å²) >= 11 is 1.45. The van der Waals surface area contributed by atoms with Crippen molar-refractivity contribution < 1.29 is 14.3 Å². The standard InChI is InChI=1S/C15H12N2O3S/c1-9-13(21-8-16-9)7-11-15(18)20-14(17-11)10-5-3-4-6-12(10)19-2/h3-8H,1-2H3. The lowest BCUT2D eigenvalue weighted by Gasteiger charge is -2.05. The van der Waals surface area contributed by atoms with Gasteiger partial charge in [-0.15, -0.1) is 11.3 Å². The molecular weight excluding hydrogens is 288 g/mol. The molecule has 6 heteroatoms. The summed E-state index contributed by atoms with van der Waals surface area (Å²) in [5.41, 5.74) is 3.51. The van der Waals surface area contributed by atoms with Crippen molar-refractivity contribution in [1.29, 1.82) is 0 Å². The van der Waals surface area contributed by atoms with Crippen molar-refractivity contribution >= 4 is 29.3 Å². The minimum Gasteiger partial charge on any atom is -0.496 e. The minimum absolute atomic E-state index is 0.255. The highest BCUT2D eigenvalue weighted by Crippen LogP contribution is 2.26. The summed E-state index contributed by atoms with van der Waals surface area (Å²) in [6.07, 6.45) is 1.69. The molecule has 0 radical (unpaired) electrons. The average molecular weight is 300 g/mol. The number of aromatic nitrogens is 1. The normalized spacial score (nSPS) is 16.0. The molecule has 0 saturated carbocycles. The number of hydrogen-bond donors (Lipinski definition) is 0. The molecule has 21 heavy (non-hydrogen) atoms. The Bertz CT molecular complexity index is 762. The second kappa shape index (κ2) is 5.49. The maximum absolute atomic E-state index is 11.9. The Kier molecular flexibility index (Phi) is 3.53. The fourth-order valence-corrected chi connectivity index (χ4v) is 2.65. The molecule has 0 aliphatic carbocycles. The van der Waals surface area contributed by atoms with Gasteiger partial charge < -0.3 is 9.47 Å². The Morgan fingerprint density at radius 2 is 2.14 bits per heavy atom. The van der Waals surface area contributed by atoms with E-state index in [-0.39, 0.29) is 11.6 Å². The number of benzene rings is 1. The van der Waals surface area contributed by atoms with E-state index in [0.29, 0.717) is 11.3 Å². The molecule has 1 aliphatic heterocycles. The van der Waals surface area contributed by atoms with Crippen LogP contribution in [-0.4, -0.2) is 24.0 Å². The number of nitrogens with zero attached hydrogens (tertiary/aromatic N) is 2. The van der Waals surface area contributed by atoms with E-state index in [1.54, 1.807) is 30.8 Å². The van der Waals surface area contributed by atoms with Gasteiger partial charge >= 0.3 is 5.97 Å². The molecule has 0 fully saturated rings. The SMILES string of the molecule is COc1ccccc1C1=NC(=Cc2scnc2C)C(=O)O1. The molecule has 1 aliphatic rings. The molecule has 1 aromatic carbocycles. The second-order valence-electron chi connectivity index (χ2n) is 4.34. The highest BCUT2D eigenvalue weighted by Gasteiger charge is 2.26. The van der Waals surface area contributed by atoms with Crippen LogP contribution in [0.5, 0.6) is 5.75 Å². The van der Waals surface area contributed by atoms with Gasteiger partial charge in [-0.3, -0.25) is 0 Å². The zero-order chi connectivity index (χ0) is 14.8. The third kappa shape index (κ3) is 2.57. The van der Waals surface area contributed by atoms with Gasteiger partial charge in [0.2, 0.25) is 5.90 Å². The van der Waals surface area contributed by atoms with E-state index in [2.05, 4.69) is 9.98 Å². The van der Waals surface area contributed by atoms with Crippen LogP contribution >= 0.6 is 11.3 Å². The smallest absolute Gasteiger partial charge is 0.363 e. The molecule has 0 spiro atoms. The first-order chi connectivity index (χ1) is 10.2. The first kappa shape index (κ1) is 13.5. The van der Waals surface area contributed by atoms with Crippen LogP contribution in [0.25, 0.3) is 6.08 Å². The van der Waals surface area contributed by atoms with Crippen molar-refractivity contribution in [3.8, 4) is 5.75 Å². The Labute approximate surface area is 125 Å². The number of rotatable bonds is 3. The molecule has 2 heterocycles. The van der Waals surface area contributed by atoms with E-state index in [9.17, 15) is 4.79 Å². The topological polar surface area (TPSA) is 60.8 Å². The predicted molar refractivity (Wildman–Crippen MR) is 80.5 cm³/mol. The third-order valence-corrected chi connectivity index (χ3v) is 3.89. The quantitative estimate of drug-likeness (QED) is 0.646. The van der Waals surface area contributed by atoms with E-state index in [1.807, 2.05) is 19.1 Å². The van der Waals surface area contributed by atoms with Gasteiger partial charge in [-0.05, 0) is 25.1 Å². The first-order valence-corrected chi connectivity index (χ1v) is 7.13. The van der Waals surface area contributed by atoms with E-state index in [0.717, 1.165) is 10.6 Å². The number of cyclic esters (lactones) is 1. The van der Waals surface area contributed by atoms with Crippen LogP contribution in [0, 0.1) is 6.92 Å². The van der Waals surface area contributed by atoms with Crippen LogP contribution in [0.15, 0.2) is 40.5 Å². The lowest BCUT2D eigenvalue weighted by atomic mass is 10.2. The summed E-state index contributed by atoms with van der Waals surface area (Å²) in [5, 5.41) is 0. The molecule has 5 nitrogen and oxygen atoms in total. The number of aryl methyl sites for hydroxylation is 1. The molecule has 0 saturated heterocycles. The number of esters is 1. The summed E-state index contributed by atoms with van der Waals surface area (Å²) in [6.45, 7) is 1.88. The van der Waals surface area contributed by atoms with Crippen molar-refractivity contribution in [1.82, 2.24) is 4.98 Å². The van der Waals surface area contributed by atoms with Crippen LogP contribution in [0.4, 0.5) is 0 Å². The monoisotopic (exact) mass is 300 g/mol. The summed E-state index contributed by atoms with van der Waals surface area (Å²) in [6, 6.07) is 7.27. The van der Waals surface area contributed by atoms with Gasteiger partial charge in [-0.25, -0.2) is 14.8 Å². The molecule has 1 aromatic heterocycles. The number of methoxy groups -OCH3 is 1. The van der Waals surface area contributed by atoms with E-state index in [4.69, 9.17) is 9.47 Å². The number of ether oxygens (including phenoxy) is 2. The molecule has 0 unspecified atom stereocenters. The van der Waals surface area contributed by atoms with Crippen molar-refractivity contribution in [2.75, 3.05) is 7.11 Å². The van der Waals surface area contributed by atoms with Crippen LogP contribution in [0.3, 0.4) is 0 Å². The molecule has 0 bridgehead atoms. The van der Waals surface area contributed by atoms with Crippen molar-refractivity contribution in [2.45, 2.75) is 6.92 Å². The number of aliphatic imine (C=N–C) groups is 1. The molecule has 2 aromatic rings. The lowest BCUT2D eigenvalue weighted by Crippen LogP contribution is -2.06. The summed E-state index contributed by atoms with van der Waals surface area (Å²) < 4.78 is 10.5. The zero-order valence-electron chi connectivity index (χ0n) is 11.5. The fourth-order valence-electron chi connectivity index (χ4n) is 1.92. The molecular formula is C15H12N2O3S. The van der Waals surface area contributed by atoms with E-state index < -0.39 is 5.97 Å². The van der Waals surface area contributed by atoms with Gasteiger partial charge in [0.05, 0.1) is 28.8 Å². The number of carbonyl (C=O) groups excluding carboxylic acids is 1. The van der Waals surface area contributed by atoms with Crippen molar-refractivity contribution in [3.05, 3.63) is 51.6 Å². The number of para-hydroxylation sites is 1. The Balaban J connectivity index is 1.99. The maximum Gasteiger partial charge on any atom is 0.363 e. The van der Waals surface area contributed by atoms with Crippen LogP contribution in [0.1, 0.15) is 16.1 Å². The van der Waals surface area contributed by atoms with Crippen molar-refractivity contribution in [3.63, 3.8) is 0 Å². The van der Waals surface area contributed by atoms with Crippen LogP contribution < -0.4 is 4.74 Å². The predicted octanol–water partition coefficient (Wildman–Crippen LogP) is 2.80. The van der Waals surface area contributed by atoms with E-state index >= 15 is 0 Å². The summed E-state index contributed by atoms with van der Waals surface area (Å²) in [4.78, 5) is 21.2. The van der Waals surface area contributed by atoms with Gasteiger partial charge in [0.15, 0.2) is 5.70 Å². The third-order valence-electron chi connectivity index (χ3n) is 3.01.